The zero-order valence-electron chi connectivity index (χ0n) is 12.8. The normalized spacial score (nSPS) is 10.1. The van der Waals surface area contributed by atoms with Gasteiger partial charge in [0.05, 0.1) is 0 Å². The standard InChI is InChI=1S/C18H19NO3/c1-3-17(20)22-16-10-8-15(9-11-16)18(21)19-12-14-6-4-13(2)5-7-14/h4-11H,3,12H2,1-2H3,(H,19,21). The Labute approximate surface area is 130 Å². The maximum Gasteiger partial charge on any atom is 0.310 e. The number of hydrogen-bond donors (Lipinski definition) is 1. The zero-order valence-corrected chi connectivity index (χ0v) is 12.8. The van der Waals surface area contributed by atoms with E-state index in [1.54, 1.807) is 31.2 Å². The Morgan fingerprint density at radius 1 is 1.00 bits per heavy atom. The Morgan fingerprint density at radius 2 is 1.64 bits per heavy atom. The topological polar surface area (TPSA) is 55.4 Å². The van der Waals surface area contributed by atoms with Crippen LogP contribution in [0, 0.1) is 6.92 Å². The molecule has 22 heavy (non-hydrogen) atoms. The Morgan fingerprint density at radius 3 is 2.23 bits per heavy atom. The number of rotatable bonds is 5. The number of carbonyl (C=O) groups excluding carboxylic acids is 2. The molecule has 0 unspecified atom stereocenters. The summed E-state index contributed by atoms with van der Waals surface area (Å²) in [6.45, 7) is 4.23. The van der Waals surface area contributed by atoms with Gasteiger partial charge in [-0.05, 0) is 36.8 Å². The number of esters is 1. The second kappa shape index (κ2) is 7.41. The number of nitrogens with one attached hydrogen (secondary N) is 1. The van der Waals surface area contributed by atoms with E-state index in [1.807, 2.05) is 31.2 Å². The van der Waals surface area contributed by atoms with E-state index in [0.717, 1.165) is 5.56 Å². The van der Waals surface area contributed by atoms with E-state index in [9.17, 15) is 9.59 Å². The molecule has 0 aliphatic heterocycles. The summed E-state index contributed by atoms with van der Waals surface area (Å²) in [7, 11) is 0. The molecule has 1 amide bonds. The lowest BCUT2D eigenvalue weighted by molar-refractivity contribution is -0.134. The predicted octanol–water partition coefficient (Wildman–Crippen LogP) is 3.24. The molecular weight excluding hydrogens is 278 g/mol. The van der Waals surface area contributed by atoms with Gasteiger partial charge in [0.15, 0.2) is 0 Å². The van der Waals surface area contributed by atoms with E-state index < -0.39 is 0 Å². The zero-order chi connectivity index (χ0) is 15.9. The first-order valence-electron chi connectivity index (χ1n) is 7.23. The van der Waals surface area contributed by atoms with Crippen molar-refractivity contribution in [3.8, 4) is 5.75 Å². The van der Waals surface area contributed by atoms with Crippen LogP contribution in [0.3, 0.4) is 0 Å². The summed E-state index contributed by atoms with van der Waals surface area (Å²) < 4.78 is 5.07. The molecule has 0 radical (unpaired) electrons. The van der Waals surface area contributed by atoms with Crippen LogP contribution in [0.1, 0.15) is 34.8 Å². The van der Waals surface area contributed by atoms with Crippen LogP contribution in [-0.4, -0.2) is 11.9 Å². The summed E-state index contributed by atoms with van der Waals surface area (Å²) in [5.41, 5.74) is 2.77. The molecule has 2 aromatic carbocycles. The molecule has 0 saturated carbocycles. The fourth-order valence-corrected chi connectivity index (χ4v) is 1.87. The Kier molecular flexibility index (Phi) is 5.31. The van der Waals surface area contributed by atoms with Crippen molar-refractivity contribution in [1.82, 2.24) is 5.32 Å². The van der Waals surface area contributed by atoms with Crippen LogP contribution >= 0.6 is 0 Å². The van der Waals surface area contributed by atoms with Gasteiger partial charge >= 0.3 is 5.97 Å². The van der Waals surface area contributed by atoms with Gasteiger partial charge in [-0.2, -0.15) is 0 Å². The number of ether oxygens (including phenoxy) is 1. The van der Waals surface area contributed by atoms with Gasteiger partial charge in [0, 0.05) is 18.5 Å². The molecule has 2 aromatic rings. The molecule has 4 heteroatoms. The predicted molar refractivity (Wildman–Crippen MR) is 84.7 cm³/mol. The second-order valence-electron chi connectivity index (χ2n) is 5.02. The monoisotopic (exact) mass is 297 g/mol. The summed E-state index contributed by atoms with van der Waals surface area (Å²) >= 11 is 0. The summed E-state index contributed by atoms with van der Waals surface area (Å²) in [5.74, 6) is -0.00699. The van der Waals surface area contributed by atoms with Crippen LogP contribution in [0.4, 0.5) is 0 Å². The average molecular weight is 297 g/mol. The summed E-state index contributed by atoms with van der Waals surface area (Å²) in [4.78, 5) is 23.2. The largest absolute Gasteiger partial charge is 0.427 e. The number of amides is 1. The highest BCUT2D eigenvalue weighted by molar-refractivity contribution is 5.94. The van der Waals surface area contributed by atoms with Crippen molar-refractivity contribution in [3.05, 3.63) is 65.2 Å². The molecular formula is C18H19NO3. The number of aryl methyl sites for hydroxylation is 1. The maximum absolute atomic E-state index is 12.1. The van der Waals surface area contributed by atoms with Crippen LogP contribution in [0.5, 0.6) is 5.75 Å². The van der Waals surface area contributed by atoms with E-state index in [0.29, 0.717) is 24.3 Å². The van der Waals surface area contributed by atoms with Gasteiger partial charge in [0.25, 0.3) is 5.91 Å². The van der Waals surface area contributed by atoms with E-state index in [4.69, 9.17) is 4.74 Å². The molecule has 0 aliphatic rings. The highest BCUT2D eigenvalue weighted by Crippen LogP contribution is 2.13. The lowest BCUT2D eigenvalue weighted by Gasteiger charge is -2.07. The van der Waals surface area contributed by atoms with Crippen LogP contribution < -0.4 is 10.1 Å². The van der Waals surface area contributed by atoms with E-state index >= 15 is 0 Å². The Bertz CT molecular complexity index is 645. The fourth-order valence-electron chi connectivity index (χ4n) is 1.87. The smallest absolute Gasteiger partial charge is 0.310 e. The van der Waals surface area contributed by atoms with Gasteiger partial charge in [0.2, 0.25) is 0 Å². The van der Waals surface area contributed by atoms with Gasteiger partial charge in [-0.15, -0.1) is 0 Å². The van der Waals surface area contributed by atoms with Crippen LogP contribution in [0.2, 0.25) is 0 Å². The van der Waals surface area contributed by atoms with Crippen LogP contribution in [-0.2, 0) is 11.3 Å². The summed E-state index contributed by atoms with van der Waals surface area (Å²) in [5, 5.41) is 2.86. The highest BCUT2D eigenvalue weighted by Gasteiger charge is 2.07. The SMILES string of the molecule is CCC(=O)Oc1ccc(C(=O)NCc2ccc(C)cc2)cc1. The van der Waals surface area contributed by atoms with Crippen LogP contribution in [0.25, 0.3) is 0 Å². The van der Waals surface area contributed by atoms with Crippen molar-refractivity contribution in [2.24, 2.45) is 0 Å². The van der Waals surface area contributed by atoms with Gasteiger partial charge in [0.1, 0.15) is 5.75 Å². The van der Waals surface area contributed by atoms with Crippen molar-refractivity contribution in [2.45, 2.75) is 26.8 Å². The first-order chi connectivity index (χ1) is 10.6. The third kappa shape index (κ3) is 4.45. The van der Waals surface area contributed by atoms with Gasteiger partial charge < -0.3 is 10.1 Å². The Hall–Kier alpha value is -2.62. The van der Waals surface area contributed by atoms with E-state index in [2.05, 4.69) is 5.32 Å². The molecule has 114 valence electrons. The van der Waals surface area contributed by atoms with Gasteiger partial charge in [-0.3, -0.25) is 9.59 Å². The van der Waals surface area contributed by atoms with Gasteiger partial charge in [-0.1, -0.05) is 36.8 Å². The molecule has 0 heterocycles. The molecule has 0 atom stereocenters. The molecule has 0 spiro atoms. The molecule has 4 nitrogen and oxygen atoms in total. The van der Waals surface area contributed by atoms with E-state index in [1.165, 1.54) is 5.56 Å². The number of hydrogen-bond acceptors (Lipinski definition) is 3. The fraction of sp³-hybridized carbons (Fsp3) is 0.222. The lowest BCUT2D eigenvalue weighted by Crippen LogP contribution is -2.22. The number of benzene rings is 2. The molecule has 1 N–H and O–H groups in total. The Balaban J connectivity index is 1.92. The minimum atomic E-state index is -0.295. The van der Waals surface area contributed by atoms with Gasteiger partial charge in [-0.25, -0.2) is 0 Å². The molecule has 0 aliphatic carbocycles. The quantitative estimate of drug-likeness (QED) is 0.681. The molecule has 2 rings (SSSR count). The average Bonchev–Trinajstić information content (AvgIpc) is 2.54. The van der Waals surface area contributed by atoms with Crippen molar-refractivity contribution in [3.63, 3.8) is 0 Å². The third-order valence-electron chi connectivity index (χ3n) is 3.21. The number of carbonyl (C=O) groups is 2. The maximum atomic E-state index is 12.1. The van der Waals surface area contributed by atoms with E-state index in [-0.39, 0.29) is 11.9 Å². The molecule has 0 fully saturated rings. The highest BCUT2D eigenvalue weighted by atomic mass is 16.5. The van der Waals surface area contributed by atoms with Crippen molar-refractivity contribution >= 4 is 11.9 Å². The van der Waals surface area contributed by atoms with Crippen molar-refractivity contribution in [2.75, 3.05) is 0 Å². The summed E-state index contributed by atoms with van der Waals surface area (Å²) in [6, 6.07) is 14.5. The van der Waals surface area contributed by atoms with Crippen molar-refractivity contribution in [1.29, 1.82) is 0 Å². The van der Waals surface area contributed by atoms with Crippen molar-refractivity contribution < 1.29 is 14.3 Å². The third-order valence-corrected chi connectivity index (χ3v) is 3.21. The lowest BCUT2D eigenvalue weighted by atomic mass is 10.1. The first-order valence-corrected chi connectivity index (χ1v) is 7.23. The molecule has 0 aromatic heterocycles. The molecule has 0 saturated heterocycles. The molecule has 0 bridgehead atoms. The second-order valence-corrected chi connectivity index (χ2v) is 5.02. The summed E-state index contributed by atoms with van der Waals surface area (Å²) in [6.07, 6.45) is 0.318. The minimum absolute atomic E-state index is 0.158. The van der Waals surface area contributed by atoms with Crippen LogP contribution in [0.15, 0.2) is 48.5 Å². The first kappa shape index (κ1) is 15.8. The minimum Gasteiger partial charge on any atom is -0.427 e.